The summed E-state index contributed by atoms with van der Waals surface area (Å²) in [6.07, 6.45) is 3.01. The highest BCUT2D eigenvalue weighted by molar-refractivity contribution is 5.77. The molecule has 0 aliphatic carbocycles. The first-order chi connectivity index (χ1) is 9.36. The van der Waals surface area contributed by atoms with E-state index in [2.05, 4.69) is 50.4 Å². The Morgan fingerprint density at radius 2 is 1.90 bits per heavy atom. The second-order valence-electron chi connectivity index (χ2n) is 7.01. The maximum atomic E-state index is 7.38. The minimum absolute atomic E-state index is 0.213. The van der Waals surface area contributed by atoms with Gasteiger partial charge in [0, 0.05) is 12.5 Å². The van der Waals surface area contributed by atoms with E-state index in [9.17, 15) is 0 Å². The fourth-order valence-corrected chi connectivity index (χ4v) is 2.90. The zero-order chi connectivity index (χ0) is 14.8. The van der Waals surface area contributed by atoms with Crippen molar-refractivity contribution in [3.63, 3.8) is 0 Å². The minimum atomic E-state index is 0.213. The van der Waals surface area contributed by atoms with Crippen molar-refractivity contribution in [2.75, 3.05) is 6.54 Å². The van der Waals surface area contributed by atoms with Gasteiger partial charge < -0.3 is 11.1 Å². The predicted molar refractivity (Wildman–Crippen MR) is 85.1 cm³/mol. The van der Waals surface area contributed by atoms with Crippen molar-refractivity contribution >= 4 is 5.84 Å². The predicted octanol–water partition coefficient (Wildman–Crippen LogP) is 3.35. The van der Waals surface area contributed by atoms with Crippen LogP contribution in [0.3, 0.4) is 0 Å². The third-order valence-electron chi connectivity index (χ3n) is 4.20. The van der Waals surface area contributed by atoms with Crippen LogP contribution in [-0.2, 0) is 5.41 Å². The van der Waals surface area contributed by atoms with E-state index in [1.807, 2.05) is 0 Å². The van der Waals surface area contributed by atoms with Crippen molar-refractivity contribution in [3.8, 4) is 0 Å². The Labute approximate surface area is 122 Å². The van der Waals surface area contributed by atoms with E-state index in [0.717, 1.165) is 25.8 Å². The topological polar surface area (TPSA) is 61.9 Å². The average Bonchev–Trinajstić information content (AvgIpc) is 2.38. The molecule has 4 N–H and O–H groups in total. The largest absolute Gasteiger partial charge is 0.388 e. The lowest BCUT2D eigenvalue weighted by Gasteiger charge is -2.30. The molecule has 1 aromatic rings. The van der Waals surface area contributed by atoms with Gasteiger partial charge in [0.15, 0.2) is 0 Å². The molecule has 0 amide bonds. The average molecular weight is 273 g/mol. The highest BCUT2D eigenvalue weighted by Gasteiger charge is 2.22. The quantitative estimate of drug-likeness (QED) is 0.584. The van der Waals surface area contributed by atoms with Crippen LogP contribution in [-0.4, -0.2) is 12.4 Å². The lowest BCUT2D eigenvalue weighted by Crippen LogP contribution is -2.35. The normalized spacial score (nSPS) is 23.6. The molecular formula is C17H27N3. The summed E-state index contributed by atoms with van der Waals surface area (Å²) in [5, 5.41) is 11.0. The molecular weight excluding hydrogens is 246 g/mol. The van der Waals surface area contributed by atoms with E-state index in [1.54, 1.807) is 0 Å². The molecule has 1 aromatic carbocycles. The van der Waals surface area contributed by atoms with E-state index < -0.39 is 0 Å². The molecule has 2 rings (SSSR count). The second kappa shape index (κ2) is 5.96. The Balaban J connectivity index is 1.95. The highest BCUT2D eigenvalue weighted by atomic mass is 14.9. The van der Waals surface area contributed by atoms with E-state index in [-0.39, 0.29) is 5.41 Å². The number of amidine groups is 1. The van der Waals surface area contributed by atoms with Crippen molar-refractivity contribution in [1.29, 1.82) is 5.41 Å². The lowest BCUT2D eigenvalue weighted by atomic mass is 9.84. The summed E-state index contributed by atoms with van der Waals surface area (Å²) in [6, 6.07) is 9.46. The fraction of sp³-hybridized carbons (Fsp3) is 0.588. The molecule has 0 radical (unpaired) electrons. The van der Waals surface area contributed by atoms with Gasteiger partial charge in [-0.1, -0.05) is 45.0 Å². The number of hydrogen-bond acceptors (Lipinski definition) is 2. The van der Waals surface area contributed by atoms with Crippen molar-refractivity contribution in [2.24, 2.45) is 11.7 Å². The molecule has 1 fully saturated rings. The minimum Gasteiger partial charge on any atom is -0.388 e. The Morgan fingerprint density at radius 3 is 2.35 bits per heavy atom. The van der Waals surface area contributed by atoms with Gasteiger partial charge >= 0.3 is 0 Å². The zero-order valence-corrected chi connectivity index (χ0v) is 12.9. The van der Waals surface area contributed by atoms with E-state index in [0.29, 0.717) is 17.8 Å². The molecule has 3 nitrogen and oxygen atoms in total. The van der Waals surface area contributed by atoms with Crippen molar-refractivity contribution in [3.05, 3.63) is 35.4 Å². The summed E-state index contributed by atoms with van der Waals surface area (Å²) >= 11 is 0. The van der Waals surface area contributed by atoms with Crippen molar-refractivity contribution < 1.29 is 0 Å². The Bertz CT molecular complexity index is 448. The van der Waals surface area contributed by atoms with Gasteiger partial charge in [-0.05, 0) is 41.8 Å². The van der Waals surface area contributed by atoms with Crippen LogP contribution < -0.4 is 11.1 Å². The van der Waals surface area contributed by atoms with Crippen LogP contribution in [0.25, 0.3) is 0 Å². The van der Waals surface area contributed by atoms with Crippen LogP contribution in [0.4, 0.5) is 0 Å². The first kappa shape index (κ1) is 15.0. The molecule has 3 heteroatoms. The van der Waals surface area contributed by atoms with Crippen LogP contribution in [0.2, 0.25) is 0 Å². The van der Waals surface area contributed by atoms with Gasteiger partial charge in [-0.3, -0.25) is 5.41 Å². The second-order valence-corrected chi connectivity index (χ2v) is 7.01. The number of benzene rings is 1. The van der Waals surface area contributed by atoms with Gasteiger partial charge in [-0.25, -0.2) is 0 Å². The van der Waals surface area contributed by atoms with Gasteiger partial charge in [0.2, 0.25) is 0 Å². The highest BCUT2D eigenvalue weighted by Crippen LogP contribution is 2.29. The van der Waals surface area contributed by atoms with Gasteiger partial charge in [-0.2, -0.15) is 0 Å². The molecule has 0 bridgehead atoms. The maximum absolute atomic E-state index is 7.38. The first-order valence-electron chi connectivity index (χ1n) is 7.53. The smallest absolute Gasteiger partial charge is 0.0908 e. The van der Waals surface area contributed by atoms with Gasteiger partial charge in [0.25, 0.3) is 0 Å². The van der Waals surface area contributed by atoms with Gasteiger partial charge in [0.05, 0.1) is 5.84 Å². The lowest BCUT2D eigenvalue weighted by molar-refractivity contribution is 0.320. The molecule has 0 aromatic heterocycles. The number of nitrogens with two attached hydrogens (primary N) is 1. The SMILES string of the molecule is CC(C)(C)c1ccc(C2CCC(CC(=N)N)CN2)cc1. The molecule has 2 atom stereocenters. The van der Waals surface area contributed by atoms with Gasteiger partial charge in [-0.15, -0.1) is 0 Å². The summed E-state index contributed by atoms with van der Waals surface area (Å²) < 4.78 is 0. The van der Waals surface area contributed by atoms with E-state index in [4.69, 9.17) is 11.1 Å². The van der Waals surface area contributed by atoms with E-state index >= 15 is 0 Å². The van der Waals surface area contributed by atoms with Crippen LogP contribution in [0.1, 0.15) is 57.2 Å². The van der Waals surface area contributed by atoms with Crippen LogP contribution >= 0.6 is 0 Å². The first-order valence-corrected chi connectivity index (χ1v) is 7.53. The number of hydrogen-bond donors (Lipinski definition) is 3. The number of nitrogens with one attached hydrogen (secondary N) is 2. The third kappa shape index (κ3) is 3.83. The third-order valence-corrected chi connectivity index (χ3v) is 4.20. The van der Waals surface area contributed by atoms with Crippen molar-refractivity contribution in [2.45, 2.75) is 51.5 Å². The molecule has 1 heterocycles. The molecule has 1 aliphatic rings. The Morgan fingerprint density at radius 1 is 1.25 bits per heavy atom. The van der Waals surface area contributed by atoms with Crippen LogP contribution in [0.15, 0.2) is 24.3 Å². The van der Waals surface area contributed by atoms with E-state index in [1.165, 1.54) is 11.1 Å². The van der Waals surface area contributed by atoms with Crippen LogP contribution in [0, 0.1) is 11.3 Å². The molecule has 110 valence electrons. The number of piperidine rings is 1. The van der Waals surface area contributed by atoms with Crippen LogP contribution in [0.5, 0.6) is 0 Å². The fourth-order valence-electron chi connectivity index (χ4n) is 2.90. The Kier molecular flexibility index (Phi) is 4.48. The molecule has 0 saturated carbocycles. The molecule has 2 unspecified atom stereocenters. The molecule has 1 aliphatic heterocycles. The summed E-state index contributed by atoms with van der Waals surface area (Å²) in [7, 11) is 0. The summed E-state index contributed by atoms with van der Waals surface area (Å²) in [5.41, 5.74) is 8.45. The standard InChI is InChI=1S/C17H27N3/c1-17(2,3)14-7-5-13(6-8-14)15-9-4-12(11-20-15)10-16(18)19/h5-8,12,15,20H,4,9-11H2,1-3H3,(H3,18,19). The Hall–Kier alpha value is -1.35. The zero-order valence-electron chi connectivity index (χ0n) is 12.9. The maximum Gasteiger partial charge on any atom is 0.0908 e. The molecule has 1 saturated heterocycles. The molecule has 0 spiro atoms. The summed E-state index contributed by atoms with van der Waals surface area (Å²) in [5.74, 6) is 0.836. The van der Waals surface area contributed by atoms with Crippen molar-refractivity contribution in [1.82, 2.24) is 5.32 Å². The monoisotopic (exact) mass is 273 g/mol. The summed E-state index contributed by atoms with van der Waals surface area (Å²) in [4.78, 5) is 0. The van der Waals surface area contributed by atoms with Gasteiger partial charge in [0.1, 0.15) is 0 Å². The molecule has 20 heavy (non-hydrogen) atoms. The summed E-state index contributed by atoms with van der Waals surface area (Å²) in [6.45, 7) is 7.69. The number of rotatable bonds is 3.